The summed E-state index contributed by atoms with van der Waals surface area (Å²) in [6.07, 6.45) is 8.64. The molecule has 2 rings (SSSR count). The van der Waals surface area contributed by atoms with E-state index in [4.69, 9.17) is 11.1 Å². The Labute approximate surface area is 188 Å². The largest absolute Gasteiger partial charge is 0.384 e. The maximum Gasteiger partial charge on any atom is 0.249 e. The van der Waals surface area contributed by atoms with Crippen molar-refractivity contribution in [3.8, 4) is 0 Å². The summed E-state index contributed by atoms with van der Waals surface area (Å²) in [5.41, 5.74) is 6.11. The van der Waals surface area contributed by atoms with Gasteiger partial charge in [0.2, 0.25) is 17.7 Å². The molecule has 2 heterocycles. The van der Waals surface area contributed by atoms with Crippen molar-refractivity contribution in [2.75, 3.05) is 6.54 Å². The van der Waals surface area contributed by atoms with Gasteiger partial charge >= 0.3 is 0 Å². The number of carbonyl (C=O) groups excluding carboxylic acids is 3. The molecule has 9 heteroatoms. The Hall–Kier alpha value is -2.26. The van der Waals surface area contributed by atoms with Gasteiger partial charge < -0.3 is 16.4 Å². The molecule has 0 spiro atoms. The summed E-state index contributed by atoms with van der Waals surface area (Å²) in [5, 5.41) is 17.6. The van der Waals surface area contributed by atoms with Crippen molar-refractivity contribution in [3.63, 3.8) is 0 Å². The van der Waals surface area contributed by atoms with Gasteiger partial charge in [-0.25, -0.2) is 0 Å². The van der Waals surface area contributed by atoms with Gasteiger partial charge in [-0.15, -0.1) is 11.3 Å². The molecule has 1 aromatic heterocycles. The van der Waals surface area contributed by atoms with E-state index in [0.717, 1.165) is 37.1 Å². The fourth-order valence-corrected chi connectivity index (χ4v) is 4.51. The van der Waals surface area contributed by atoms with Crippen LogP contribution in [0.5, 0.6) is 0 Å². The molecule has 1 aliphatic rings. The third kappa shape index (κ3) is 8.78. The number of hydrogen-bond acceptors (Lipinski definition) is 6. The Morgan fingerprint density at radius 1 is 1.26 bits per heavy atom. The molecule has 8 nitrogen and oxygen atoms in total. The van der Waals surface area contributed by atoms with Gasteiger partial charge in [-0.2, -0.15) is 0 Å². The van der Waals surface area contributed by atoms with Crippen molar-refractivity contribution in [3.05, 3.63) is 21.9 Å². The van der Waals surface area contributed by atoms with Crippen LogP contribution in [-0.2, 0) is 20.8 Å². The van der Waals surface area contributed by atoms with Gasteiger partial charge in [-0.05, 0) is 31.9 Å². The fraction of sp³-hybridized carbons (Fsp3) is 0.636. The van der Waals surface area contributed by atoms with Crippen molar-refractivity contribution < 1.29 is 14.4 Å². The molecule has 3 amide bonds. The number of imide groups is 1. The van der Waals surface area contributed by atoms with Crippen LogP contribution in [0.4, 0.5) is 0 Å². The number of rotatable bonds is 13. The highest BCUT2D eigenvalue weighted by Gasteiger charge is 2.28. The molecule has 1 saturated heterocycles. The number of nitrogen functional groups attached to an aromatic ring is 1. The number of amidine groups is 1. The van der Waals surface area contributed by atoms with Crippen LogP contribution in [0.25, 0.3) is 0 Å². The van der Waals surface area contributed by atoms with Gasteiger partial charge in [-0.3, -0.25) is 25.1 Å². The predicted molar refractivity (Wildman–Crippen MR) is 123 cm³/mol. The predicted octanol–water partition coefficient (Wildman–Crippen LogP) is 2.20. The van der Waals surface area contributed by atoms with Gasteiger partial charge in [0.25, 0.3) is 0 Å². The van der Waals surface area contributed by atoms with Crippen LogP contribution < -0.4 is 21.7 Å². The average Bonchev–Trinajstić information content (AvgIpc) is 3.42. The third-order valence-corrected chi connectivity index (χ3v) is 6.36. The van der Waals surface area contributed by atoms with Crippen molar-refractivity contribution in [1.29, 1.82) is 5.41 Å². The molecule has 6 N–H and O–H groups in total. The monoisotopic (exact) mass is 449 g/mol. The Kier molecular flexibility index (Phi) is 10.7. The van der Waals surface area contributed by atoms with E-state index in [1.807, 2.05) is 0 Å². The minimum Gasteiger partial charge on any atom is -0.384 e. The highest BCUT2D eigenvalue weighted by atomic mass is 32.1. The number of amides is 3. The van der Waals surface area contributed by atoms with E-state index in [2.05, 4.69) is 22.9 Å². The summed E-state index contributed by atoms with van der Waals surface area (Å²) >= 11 is 1.37. The van der Waals surface area contributed by atoms with E-state index in [9.17, 15) is 14.4 Å². The molecular formula is C22H35N5O3S. The first-order chi connectivity index (χ1) is 14.9. The number of carbonyl (C=O) groups is 3. The van der Waals surface area contributed by atoms with Crippen molar-refractivity contribution in [2.45, 2.75) is 83.2 Å². The van der Waals surface area contributed by atoms with Crippen LogP contribution in [0.1, 0.15) is 75.2 Å². The molecule has 172 valence electrons. The summed E-state index contributed by atoms with van der Waals surface area (Å²) in [7, 11) is 0. The normalized spacial score (nSPS) is 16.6. The molecular weight excluding hydrogens is 414 g/mol. The SMILES string of the molecule is CCCCCCCCC(=O)N[C@@H](Cc1cc(C(=N)N)cs1)C(=O)NC(=O)[C@@H]1CCCN1. The summed E-state index contributed by atoms with van der Waals surface area (Å²) in [6.45, 7) is 2.92. The van der Waals surface area contributed by atoms with E-state index in [-0.39, 0.29) is 30.1 Å². The van der Waals surface area contributed by atoms with Crippen LogP contribution >= 0.6 is 11.3 Å². The highest BCUT2D eigenvalue weighted by Crippen LogP contribution is 2.17. The van der Waals surface area contributed by atoms with E-state index in [1.54, 1.807) is 11.4 Å². The number of nitrogens with one attached hydrogen (secondary N) is 4. The minimum absolute atomic E-state index is 0.0434. The Morgan fingerprint density at radius 2 is 2.00 bits per heavy atom. The van der Waals surface area contributed by atoms with E-state index in [0.29, 0.717) is 18.4 Å². The van der Waals surface area contributed by atoms with Crippen LogP contribution in [0.3, 0.4) is 0 Å². The molecule has 1 aliphatic heterocycles. The molecule has 0 unspecified atom stereocenters. The molecule has 0 radical (unpaired) electrons. The molecule has 0 saturated carbocycles. The van der Waals surface area contributed by atoms with E-state index >= 15 is 0 Å². The second kappa shape index (κ2) is 13.2. The van der Waals surface area contributed by atoms with E-state index in [1.165, 1.54) is 30.6 Å². The van der Waals surface area contributed by atoms with Crippen LogP contribution in [-0.4, -0.2) is 42.2 Å². The second-order valence-corrected chi connectivity index (χ2v) is 9.06. The van der Waals surface area contributed by atoms with Crippen LogP contribution in [0.2, 0.25) is 0 Å². The third-order valence-electron chi connectivity index (χ3n) is 5.40. The average molecular weight is 450 g/mol. The number of thiophene rings is 1. The second-order valence-electron chi connectivity index (χ2n) is 8.06. The van der Waals surface area contributed by atoms with Crippen molar-refractivity contribution >= 4 is 34.9 Å². The lowest BCUT2D eigenvalue weighted by molar-refractivity contribution is -0.134. The van der Waals surface area contributed by atoms with Crippen molar-refractivity contribution in [1.82, 2.24) is 16.0 Å². The van der Waals surface area contributed by atoms with Gasteiger partial charge in [0.05, 0.1) is 6.04 Å². The first-order valence-corrected chi connectivity index (χ1v) is 12.1. The topological polar surface area (TPSA) is 137 Å². The summed E-state index contributed by atoms with van der Waals surface area (Å²) < 4.78 is 0. The maximum absolute atomic E-state index is 12.8. The first kappa shape index (κ1) is 25.0. The summed E-state index contributed by atoms with van der Waals surface area (Å²) in [5.74, 6) is -1.09. The lowest BCUT2D eigenvalue weighted by Gasteiger charge is -2.19. The summed E-state index contributed by atoms with van der Waals surface area (Å²) in [4.78, 5) is 38.4. The number of nitrogens with two attached hydrogens (primary N) is 1. The van der Waals surface area contributed by atoms with Gasteiger partial charge in [-0.1, -0.05) is 39.0 Å². The number of unbranched alkanes of at least 4 members (excludes halogenated alkanes) is 5. The van der Waals surface area contributed by atoms with Crippen LogP contribution in [0, 0.1) is 5.41 Å². The minimum atomic E-state index is -0.851. The smallest absolute Gasteiger partial charge is 0.249 e. The van der Waals surface area contributed by atoms with Crippen molar-refractivity contribution in [2.24, 2.45) is 5.73 Å². The zero-order valence-corrected chi connectivity index (χ0v) is 19.1. The lowest BCUT2D eigenvalue weighted by Crippen LogP contribution is -2.52. The Morgan fingerprint density at radius 3 is 2.65 bits per heavy atom. The lowest BCUT2D eigenvalue weighted by atomic mass is 10.1. The Bertz CT molecular complexity index is 758. The number of hydrogen-bond donors (Lipinski definition) is 5. The standard InChI is InChI=1S/C22H35N5O3S/c1-2-3-4-5-6-7-10-19(28)26-18(13-16-12-15(14-31-16)20(23)24)22(30)27-21(29)17-9-8-11-25-17/h12,14,17-18,25H,2-11,13H2,1H3,(H3,23,24)(H,26,28)(H,27,29,30)/t17-,18-/m0/s1. The van der Waals surface area contributed by atoms with Crippen LogP contribution in [0.15, 0.2) is 11.4 Å². The fourth-order valence-electron chi connectivity index (χ4n) is 3.58. The highest BCUT2D eigenvalue weighted by molar-refractivity contribution is 7.10. The van der Waals surface area contributed by atoms with Gasteiger partial charge in [0, 0.05) is 28.7 Å². The molecule has 31 heavy (non-hydrogen) atoms. The Balaban J connectivity index is 1.93. The first-order valence-electron chi connectivity index (χ1n) is 11.2. The zero-order valence-electron chi connectivity index (χ0n) is 18.3. The quantitative estimate of drug-likeness (QED) is 0.179. The zero-order chi connectivity index (χ0) is 22.6. The van der Waals surface area contributed by atoms with Gasteiger partial charge in [0.15, 0.2) is 0 Å². The molecule has 0 bridgehead atoms. The molecule has 0 aliphatic carbocycles. The maximum atomic E-state index is 12.8. The molecule has 1 fully saturated rings. The molecule has 0 aromatic carbocycles. The molecule has 1 aromatic rings. The van der Waals surface area contributed by atoms with Gasteiger partial charge in [0.1, 0.15) is 11.9 Å². The molecule has 2 atom stereocenters. The van der Waals surface area contributed by atoms with E-state index < -0.39 is 11.9 Å². The summed E-state index contributed by atoms with van der Waals surface area (Å²) in [6, 6.07) is 0.527.